The Morgan fingerprint density at radius 3 is 2.62 bits per heavy atom. The van der Waals surface area contributed by atoms with E-state index in [1.165, 1.54) is 57.3 Å². The number of esters is 1. The summed E-state index contributed by atoms with van der Waals surface area (Å²) in [6.07, 6.45) is 11.0. The van der Waals surface area contributed by atoms with Gasteiger partial charge in [-0.05, 0) is 75.4 Å². The molecule has 0 radical (unpaired) electrons. The predicted octanol–water partition coefficient (Wildman–Crippen LogP) is 3.97. The maximum atomic E-state index is 13.3. The van der Waals surface area contributed by atoms with Gasteiger partial charge in [-0.3, -0.25) is 9.78 Å². The molecule has 1 unspecified atom stereocenters. The number of nitrogens with zero attached hydrogens (tertiary/aromatic N) is 3. The summed E-state index contributed by atoms with van der Waals surface area (Å²) in [5.41, 5.74) is 1.96. The number of methoxy groups -OCH3 is 1. The van der Waals surface area contributed by atoms with Crippen LogP contribution in [0, 0.1) is 0 Å². The second-order valence-corrected chi connectivity index (χ2v) is 9.17. The fourth-order valence-corrected chi connectivity index (χ4v) is 4.98. The first-order chi connectivity index (χ1) is 16.6. The Morgan fingerprint density at radius 1 is 0.971 bits per heavy atom. The molecule has 2 aliphatic rings. The molecule has 0 N–H and O–H groups in total. The zero-order chi connectivity index (χ0) is 23.8. The fraction of sp³-hybridized carbons (Fsp3) is 0.519. The largest absolute Gasteiger partial charge is 0.492 e. The van der Waals surface area contributed by atoms with Crippen LogP contribution in [0.25, 0.3) is 0 Å². The first-order valence-electron chi connectivity index (χ1n) is 12.4. The highest BCUT2D eigenvalue weighted by atomic mass is 16.5. The topological polar surface area (TPSA) is 72.0 Å². The summed E-state index contributed by atoms with van der Waals surface area (Å²) in [6, 6.07) is 10.5. The number of aromatic nitrogens is 1. The van der Waals surface area contributed by atoms with Gasteiger partial charge in [-0.15, -0.1) is 0 Å². The van der Waals surface area contributed by atoms with Crippen LogP contribution in [0.4, 0.5) is 0 Å². The summed E-state index contributed by atoms with van der Waals surface area (Å²) >= 11 is 0. The number of rotatable bonds is 2. The quantitative estimate of drug-likeness (QED) is 0.625. The number of piperidine rings is 1. The Balaban J connectivity index is 1.50. The number of carbonyl (C=O) groups excluding carboxylic acids is 2. The first-order valence-corrected chi connectivity index (χ1v) is 12.4. The fourth-order valence-electron chi connectivity index (χ4n) is 4.98. The predicted molar refractivity (Wildman–Crippen MR) is 130 cm³/mol. The van der Waals surface area contributed by atoms with Gasteiger partial charge in [0.15, 0.2) is 0 Å². The van der Waals surface area contributed by atoms with Crippen molar-refractivity contribution in [1.82, 2.24) is 14.8 Å². The molecule has 1 saturated heterocycles. The van der Waals surface area contributed by atoms with Gasteiger partial charge in [-0.25, -0.2) is 4.79 Å². The minimum atomic E-state index is -0.501. The van der Waals surface area contributed by atoms with Crippen LogP contribution in [0.3, 0.4) is 0 Å². The molecule has 0 saturated carbocycles. The average Bonchev–Trinajstić information content (AvgIpc) is 2.88. The molecule has 182 valence electrons. The maximum absolute atomic E-state index is 13.3. The number of fused-ring (bicyclic) bond motifs is 3. The molecule has 0 aliphatic carbocycles. The molecule has 1 fully saturated rings. The summed E-state index contributed by atoms with van der Waals surface area (Å²) in [5.74, 6) is 0.198. The number of hydrogen-bond donors (Lipinski definition) is 0. The SMILES string of the molecule is COC(=O)c1cncc(C(=O)N2CCCCN3CCCCC3CCc3cccc(c3)OCC2)c1. The molecule has 1 atom stereocenters. The third kappa shape index (κ3) is 6.35. The Morgan fingerprint density at radius 2 is 1.76 bits per heavy atom. The second kappa shape index (κ2) is 12.0. The lowest BCUT2D eigenvalue weighted by atomic mass is 9.95. The zero-order valence-corrected chi connectivity index (χ0v) is 20.1. The summed E-state index contributed by atoms with van der Waals surface area (Å²) in [7, 11) is 1.32. The van der Waals surface area contributed by atoms with E-state index in [4.69, 9.17) is 9.47 Å². The summed E-state index contributed by atoms with van der Waals surface area (Å²) in [4.78, 5) is 33.8. The standard InChI is InChI=1S/C27H35N3O4/c1-33-27(32)23-18-22(19-28-20-23)26(31)30-14-5-4-13-29-12-3-2-8-24(29)11-10-21-7-6-9-25(17-21)34-16-15-30/h6-7,9,17-20,24H,2-5,8,10-16H2,1H3. The van der Waals surface area contributed by atoms with Crippen LogP contribution in [0.1, 0.15) is 64.8 Å². The van der Waals surface area contributed by atoms with Crippen LogP contribution < -0.4 is 4.74 Å². The molecule has 0 spiro atoms. The van der Waals surface area contributed by atoms with Gasteiger partial charge in [0.2, 0.25) is 0 Å². The maximum Gasteiger partial charge on any atom is 0.339 e. The second-order valence-electron chi connectivity index (χ2n) is 9.17. The van der Waals surface area contributed by atoms with E-state index in [1.807, 2.05) is 17.0 Å². The number of hydrogen-bond acceptors (Lipinski definition) is 6. The molecule has 34 heavy (non-hydrogen) atoms. The van der Waals surface area contributed by atoms with Crippen molar-refractivity contribution in [3.05, 3.63) is 59.4 Å². The van der Waals surface area contributed by atoms with E-state index in [0.717, 1.165) is 31.6 Å². The first kappa shape index (κ1) is 24.2. The van der Waals surface area contributed by atoms with E-state index in [0.29, 0.717) is 31.3 Å². The summed E-state index contributed by atoms with van der Waals surface area (Å²) < 4.78 is 10.8. The average molecular weight is 466 g/mol. The Labute approximate surface area is 202 Å². The van der Waals surface area contributed by atoms with Crippen molar-refractivity contribution in [2.75, 3.05) is 39.9 Å². The normalized spacial score (nSPS) is 20.3. The van der Waals surface area contributed by atoms with Crippen molar-refractivity contribution in [1.29, 1.82) is 0 Å². The number of benzene rings is 1. The number of amides is 1. The van der Waals surface area contributed by atoms with Crippen LogP contribution in [0.15, 0.2) is 42.7 Å². The van der Waals surface area contributed by atoms with Crippen LogP contribution >= 0.6 is 0 Å². The third-order valence-electron chi connectivity index (χ3n) is 6.86. The van der Waals surface area contributed by atoms with E-state index in [1.54, 1.807) is 6.07 Å². The van der Waals surface area contributed by atoms with Gasteiger partial charge in [-0.2, -0.15) is 0 Å². The van der Waals surface area contributed by atoms with Crippen LogP contribution in [-0.4, -0.2) is 72.6 Å². The van der Waals surface area contributed by atoms with Gasteiger partial charge >= 0.3 is 5.97 Å². The summed E-state index contributed by atoms with van der Waals surface area (Å²) in [6.45, 7) is 3.76. The Kier molecular flexibility index (Phi) is 8.52. The Bertz CT molecular complexity index is 980. The van der Waals surface area contributed by atoms with Crippen LogP contribution in [0.5, 0.6) is 5.75 Å². The summed E-state index contributed by atoms with van der Waals surface area (Å²) in [5, 5.41) is 0. The minimum Gasteiger partial charge on any atom is -0.492 e. The van der Waals surface area contributed by atoms with Gasteiger partial charge < -0.3 is 19.3 Å². The van der Waals surface area contributed by atoms with Crippen LogP contribution in [-0.2, 0) is 11.2 Å². The van der Waals surface area contributed by atoms with E-state index in [-0.39, 0.29) is 11.5 Å². The van der Waals surface area contributed by atoms with Gasteiger partial charge in [0, 0.05) is 25.0 Å². The van der Waals surface area contributed by atoms with Gasteiger partial charge in [0.05, 0.1) is 24.8 Å². The lowest BCUT2D eigenvalue weighted by Gasteiger charge is -2.36. The van der Waals surface area contributed by atoms with Gasteiger partial charge in [0.1, 0.15) is 12.4 Å². The third-order valence-corrected chi connectivity index (χ3v) is 6.86. The number of pyridine rings is 1. The molecule has 1 aromatic heterocycles. The molecule has 3 heterocycles. The van der Waals surface area contributed by atoms with E-state index >= 15 is 0 Å². The van der Waals surface area contributed by atoms with Crippen molar-refractivity contribution in [2.24, 2.45) is 0 Å². The molecule has 7 nitrogen and oxygen atoms in total. The molecule has 2 aliphatic heterocycles. The highest BCUT2D eigenvalue weighted by molar-refractivity contribution is 5.97. The smallest absolute Gasteiger partial charge is 0.339 e. The molecule has 2 bridgehead atoms. The number of ether oxygens (including phenoxy) is 2. The van der Waals surface area contributed by atoms with Crippen molar-refractivity contribution in [3.8, 4) is 5.75 Å². The van der Waals surface area contributed by atoms with Gasteiger partial charge in [-0.1, -0.05) is 18.6 Å². The monoisotopic (exact) mass is 465 g/mol. The van der Waals surface area contributed by atoms with Crippen molar-refractivity contribution < 1.29 is 19.1 Å². The molecule has 1 aromatic carbocycles. The molecular formula is C27H35N3O4. The minimum absolute atomic E-state index is 0.143. The van der Waals surface area contributed by atoms with Crippen molar-refractivity contribution >= 4 is 11.9 Å². The lowest BCUT2D eigenvalue weighted by Crippen LogP contribution is -2.40. The Hall–Kier alpha value is -2.93. The van der Waals surface area contributed by atoms with E-state index in [2.05, 4.69) is 22.0 Å². The zero-order valence-electron chi connectivity index (χ0n) is 20.1. The van der Waals surface area contributed by atoms with Crippen molar-refractivity contribution in [3.63, 3.8) is 0 Å². The van der Waals surface area contributed by atoms with E-state index in [9.17, 15) is 9.59 Å². The molecule has 1 amide bonds. The van der Waals surface area contributed by atoms with Gasteiger partial charge in [0.25, 0.3) is 5.91 Å². The number of carbonyl (C=O) groups is 2. The lowest BCUT2D eigenvalue weighted by molar-refractivity contribution is 0.0600. The van der Waals surface area contributed by atoms with Crippen molar-refractivity contribution in [2.45, 2.75) is 51.0 Å². The highest BCUT2D eigenvalue weighted by Crippen LogP contribution is 2.23. The van der Waals surface area contributed by atoms with Crippen LogP contribution in [0.2, 0.25) is 0 Å². The molecule has 2 aromatic rings. The molecule has 7 heteroatoms. The number of aryl methyl sites for hydroxylation is 1. The highest BCUT2D eigenvalue weighted by Gasteiger charge is 2.23. The van der Waals surface area contributed by atoms with E-state index < -0.39 is 5.97 Å². The molecule has 4 rings (SSSR count). The molecular weight excluding hydrogens is 430 g/mol.